The van der Waals surface area contributed by atoms with Gasteiger partial charge in [-0.2, -0.15) is 0 Å². The normalized spacial score (nSPS) is 19.1. The molecule has 0 saturated carbocycles. The van der Waals surface area contributed by atoms with Gasteiger partial charge in [-0.1, -0.05) is 153 Å². The molecule has 5 aliphatic rings. The highest BCUT2D eigenvalue weighted by atomic mass is 32.1. The van der Waals surface area contributed by atoms with Gasteiger partial charge in [-0.05, 0) is 192 Å². The Morgan fingerprint density at radius 2 is 1.11 bits per heavy atom. The lowest BCUT2D eigenvalue weighted by Crippen LogP contribution is -2.61. The van der Waals surface area contributed by atoms with E-state index < -0.39 is 0 Å². The molecule has 14 rings (SSSR count). The number of thiophene rings is 1. The van der Waals surface area contributed by atoms with Crippen molar-refractivity contribution in [2.75, 3.05) is 4.81 Å². The molecule has 0 atom stereocenters. The molecule has 0 saturated heterocycles. The molecular weight excluding hydrogens is 912 g/mol. The highest BCUT2D eigenvalue weighted by Crippen LogP contribution is 2.59. The fourth-order valence-electron chi connectivity index (χ4n) is 15.3. The second-order valence-corrected chi connectivity index (χ2v) is 30.2. The summed E-state index contributed by atoms with van der Waals surface area (Å²) in [6.07, 6.45) is 4.77. The van der Waals surface area contributed by atoms with Crippen LogP contribution in [0.3, 0.4) is 0 Å². The maximum atomic E-state index is 2.89. The Kier molecular flexibility index (Phi) is 9.04. The van der Waals surface area contributed by atoms with Crippen molar-refractivity contribution >= 4 is 82.5 Å². The lowest BCUT2D eigenvalue weighted by atomic mass is 9.43. The minimum absolute atomic E-state index is 0.00233. The van der Waals surface area contributed by atoms with Gasteiger partial charge in [-0.25, -0.2) is 0 Å². The van der Waals surface area contributed by atoms with Crippen LogP contribution in [0.4, 0.5) is 11.4 Å². The summed E-state index contributed by atoms with van der Waals surface area (Å²) in [7, 11) is 0. The van der Waals surface area contributed by atoms with E-state index in [1.807, 2.05) is 11.3 Å². The third-order valence-corrected chi connectivity index (χ3v) is 21.2. The maximum absolute atomic E-state index is 2.89. The van der Waals surface area contributed by atoms with Gasteiger partial charge in [0.2, 0.25) is 0 Å². The van der Waals surface area contributed by atoms with Gasteiger partial charge in [0.15, 0.2) is 0 Å². The fraction of sp³-hybridized carbons (Fsp3) is 0.400. The lowest BCUT2D eigenvalue weighted by Gasteiger charge is -2.46. The van der Waals surface area contributed by atoms with Crippen molar-refractivity contribution in [3.05, 3.63) is 147 Å². The van der Waals surface area contributed by atoms with Crippen LogP contribution in [0.2, 0.25) is 0 Å². The van der Waals surface area contributed by atoms with E-state index in [1.54, 1.807) is 0 Å². The smallest absolute Gasteiger partial charge is 0.333 e. The molecule has 2 aliphatic heterocycles. The zero-order chi connectivity index (χ0) is 52.1. The molecule has 0 unspecified atom stereocenters. The van der Waals surface area contributed by atoms with Crippen LogP contribution in [0.15, 0.2) is 97.1 Å². The van der Waals surface area contributed by atoms with Gasteiger partial charge in [-0.15, -0.1) is 11.3 Å². The van der Waals surface area contributed by atoms with Crippen LogP contribution in [-0.2, 0) is 37.9 Å². The molecule has 74 heavy (non-hydrogen) atoms. The monoisotopic (exact) mass is 987 g/mol. The van der Waals surface area contributed by atoms with Crippen LogP contribution < -0.4 is 15.7 Å². The van der Waals surface area contributed by atoms with Crippen LogP contribution in [-0.4, -0.2) is 11.4 Å². The van der Waals surface area contributed by atoms with Crippen molar-refractivity contribution in [1.82, 2.24) is 4.57 Å². The summed E-state index contributed by atoms with van der Waals surface area (Å²) in [5, 5.41) is 5.57. The predicted octanol–water partition coefficient (Wildman–Crippen LogP) is 18.3. The Morgan fingerprint density at radius 3 is 1.77 bits per heavy atom. The molecule has 374 valence electrons. The van der Waals surface area contributed by atoms with E-state index in [4.69, 9.17) is 0 Å². The van der Waals surface area contributed by atoms with Crippen molar-refractivity contribution in [3.63, 3.8) is 0 Å². The first-order chi connectivity index (χ1) is 34.6. The topological polar surface area (TPSA) is 8.17 Å². The first-order valence-electron chi connectivity index (χ1n) is 28.0. The molecule has 3 aliphatic carbocycles. The molecular formula is C70H75BN2S. The van der Waals surface area contributed by atoms with E-state index in [0.717, 1.165) is 0 Å². The standard InChI is InChI=1S/C70H75BN2S/c1-38-30-47-49(68(12,13)28-26-66(47,8)9)36-55(38)73-54-24-25-56-60(44-34-48-50(37-57(44)74-56)69(14,15)29-27-67(48,10)11)59(54)45-35-51-58(41-20-18-19-21-46(41)70(51,16)17)63-61(45)71(73)52-33-40(65(5,6)7)32-43-42-31-39(64(2,3)4)22-23-53(42)72(63)62(43)52/h18-25,30-37H,26-29H2,1-17H3. The minimum atomic E-state index is -0.213. The molecule has 0 radical (unpaired) electrons. The number of benzene rings is 7. The van der Waals surface area contributed by atoms with Crippen LogP contribution >= 0.6 is 11.3 Å². The summed E-state index contributed by atoms with van der Waals surface area (Å²) >= 11 is 2.01. The number of hydrogen-bond donors (Lipinski definition) is 0. The first kappa shape index (κ1) is 46.9. The molecule has 0 spiro atoms. The Morgan fingerprint density at radius 1 is 0.500 bits per heavy atom. The van der Waals surface area contributed by atoms with E-state index in [9.17, 15) is 0 Å². The van der Waals surface area contributed by atoms with Crippen LogP contribution in [0.5, 0.6) is 0 Å². The molecule has 0 fully saturated rings. The van der Waals surface area contributed by atoms with Crippen LogP contribution in [0.25, 0.3) is 69.9 Å². The Balaban J connectivity index is 1.22. The number of hydrogen-bond acceptors (Lipinski definition) is 2. The number of fused-ring (bicyclic) bond motifs is 17. The van der Waals surface area contributed by atoms with Crippen molar-refractivity contribution < 1.29 is 0 Å². The molecule has 0 N–H and O–H groups in total. The summed E-state index contributed by atoms with van der Waals surface area (Å²) in [5.41, 5.74) is 28.3. The van der Waals surface area contributed by atoms with Gasteiger partial charge in [0, 0.05) is 58.9 Å². The average Bonchev–Trinajstić information content (AvgIpc) is 3.95. The zero-order valence-electron chi connectivity index (χ0n) is 47.4. The van der Waals surface area contributed by atoms with E-state index in [-0.39, 0.29) is 44.8 Å². The molecule has 4 heteroatoms. The third kappa shape index (κ3) is 6.01. The Labute approximate surface area is 445 Å². The largest absolute Gasteiger partial charge is 0.376 e. The van der Waals surface area contributed by atoms with E-state index in [1.165, 1.54) is 168 Å². The molecule has 2 aromatic heterocycles. The van der Waals surface area contributed by atoms with E-state index >= 15 is 0 Å². The Hall–Kier alpha value is -5.58. The zero-order valence-corrected chi connectivity index (χ0v) is 48.3. The van der Waals surface area contributed by atoms with Crippen molar-refractivity contribution in [2.45, 2.75) is 181 Å². The average molecular weight is 987 g/mol. The van der Waals surface area contributed by atoms with Gasteiger partial charge in [-0.3, -0.25) is 0 Å². The highest BCUT2D eigenvalue weighted by molar-refractivity contribution is 7.26. The fourth-order valence-corrected chi connectivity index (χ4v) is 16.4. The number of nitrogens with zero attached hydrogens (tertiary/aromatic N) is 2. The number of anilines is 2. The van der Waals surface area contributed by atoms with Gasteiger partial charge in [0.05, 0.1) is 16.7 Å². The predicted molar refractivity (Wildman–Crippen MR) is 323 cm³/mol. The highest BCUT2D eigenvalue weighted by Gasteiger charge is 2.51. The number of rotatable bonds is 1. The summed E-state index contributed by atoms with van der Waals surface area (Å²) in [4.78, 5) is 2.89. The summed E-state index contributed by atoms with van der Waals surface area (Å²) < 4.78 is 5.58. The van der Waals surface area contributed by atoms with Gasteiger partial charge in [0.25, 0.3) is 0 Å². The third-order valence-electron chi connectivity index (χ3n) is 20.1. The van der Waals surface area contributed by atoms with Crippen LogP contribution in [0.1, 0.15) is 187 Å². The van der Waals surface area contributed by atoms with E-state index in [2.05, 4.69) is 224 Å². The van der Waals surface area contributed by atoms with Crippen molar-refractivity contribution in [3.8, 4) is 27.9 Å². The minimum Gasteiger partial charge on any atom is -0.376 e. The molecule has 0 bridgehead atoms. The summed E-state index contributed by atoms with van der Waals surface area (Å²) in [6.45, 7) is 41.6. The van der Waals surface area contributed by atoms with Crippen molar-refractivity contribution in [1.29, 1.82) is 0 Å². The van der Waals surface area contributed by atoms with Crippen molar-refractivity contribution in [2.24, 2.45) is 0 Å². The molecule has 0 amide bonds. The SMILES string of the molecule is Cc1cc2c(cc1N1B3c4c(cc5c(c4-n4c6ccc(C(C)(C)C)cc6c6cc(C(C)(C)C)cc3c64)-c3ccccc3C5(C)C)-c3c1ccc1sc4cc5c(cc4c31)C(C)(C)CCC5(C)C)C(C)(C)CCC2(C)C. The summed E-state index contributed by atoms with van der Waals surface area (Å²) in [6, 6.07) is 40.5. The quantitative estimate of drug-likeness (QED) is 0.149. The molecule has 7 aromatic carbocycles. The Bertz CT molecular complexity index is 4030. The van der Waals surface area contributed by atoms with Gasteiger partial charge < -0.3 is 9.38 Å². The van der Waals surface area contributed by atoms with Crippen LogP contribution in [0, 0.1) is 6.92 Å². The van der Waals surface area contributed by atoms with E-state index in [0.29, 0.717) is 0 Å². The summed E-state index contributed by atoms with van der Waals surface area (Å²) in [5.74, 6) is 0. The molecule has 2 nitrogen and oxygen atoms in total. The second-order valence-electron chi connectivity index (χ2n) is 29.1. The molecule has 9 aromatic rings. The maximum Gasteiger partial charge on any atom is 0.333 e. The lowest BCUT2D eigenvalue weighted by molar-refractivity contribution is 0.332. The van der Waals surface area contributed by atoms with Gasteiger partial charge in [0.1, 0.15) is 0 Å². The van der Waals surface area contributed by atoms with Gasteiger partial charge >= 0.3 is 6.85 Å². The number of aryl methyl sites for hydroxylation is 1. The molecule has 4 heterocycles. The number of aromatic nitrogens is 1. The second kappa shape index (κ2) is 14.3. The first-order valence-corrected chi connectivity index (χ1v) is 28.9.